The SMILES string of the molecule is O=C(NCCSCc1ccccc1)C12C[C@H]3C[C@@H](CC(Cl)(C3)C1)C2. The van der Waals surface area contributed by atoms with Gasteiger partial charge in [-0.3, -0.25) is 4.79 Å². The predicted octanol–water partition coefficient (Wildman–Crippen LogP) is 4.61. The topological polar surface area (TPSA) is 29.1 Å². The Morgan fingerprint density at radius 1 is 1.17 bits per heavy atom. The van der Waals surface area contributed by atoms with Crippen LogP contribution in [0.4, 0.5) is 0 Å². The van der Waals surface area contributed by atoms with Crippen LogP contribution in [0.5, 0.6) is 0 Å². The van der Waals surface area contributed by atoms with Crippen molar-refractivity contribution in [2.45, 2.75) is 49.2 Å². The average molecular weight is 364 g/mol. The van der Waals surface area contributed by atoms with Crippen molar-refractivity contribution in [1.82, 2.24) is 5.32 Å². The number of rotatable bonds is 6. The van der Waals surface area contributed by atoms with Gasteiger partial charge in [0.15, 0.2) is 0 Å². The molecule has 4 aliphatic carbocycles. The van der Waals surface area contributed by atoms with E-state index in [1.165, 1.54) is 12.0 Å². The van der Waals surface area contributed by atoms with E-state index in [9.17, 15) is 4.79 Å². The maximum absolute atomic E-state index is 12.9. The van der Waals surface area contributed by atoms with E-state index in [2.05, 4.69) is 29.6 Å². The summed E-state index contributed by atoms with van der Waals surface area (Å²) in [6.45, 7) is 0.767. The molecule has 0 spiro atoms. The Bertz CT molecular complexity index is 591. The molecule has 4 aliphatic rings. The zero-order valence-corrected chi connectivity index (χ0v) is 15.7. The molecule has 1 N–H and O–H groups in total. The van der Waals surface area contributed by atoms with Gasteiger partial charge in [-0.2, -0.15) is 11.8 Å². The number of carbonyl (C=O) groups excluding carboxylic acids is 1. The zero-order valence-electron chi connectivity index (χ0n) is 14.1. The number of carbonyl (C=O) groups is 1. The third-order valence-electron chi connectivity index (χ3n) is 6.11. The number of alkyl halides is 1. The number of thioether (sulfide) groups is 1. The minimum atomic E-state index is -0.157. The number of nitrogens with one attached hydrogen (secondary N) is 1. The van der Waals surface area contributed by atoms with E-state index >= 15 is 0 Å². The van der Waals surface area contributed by atoms with Gasteiger partial charge in [0.1, 0.15) is 0 Å². The Hall–Kier alpha value is -0.670. The van der Waals surface area contributed by atoms with Gasteiger partial charge in [-0.1, -0.05) is 30.3 Å². The molecule has 5 rings (SSSR count). The van der Waals surface area contributed by atoms with Gasteiger partial charge in [0, 0.05) is 22.9 Å². The van der Waals surface area contributed by atoms with Gasteiger partial charge >= 0.3 is 0 Å². The quantitative estimate of drug-likeness (QED) is 0.590. The molecule has 0 radical (unpaired) electrons. The minimum Gasteiger partial charge on any atom is -0.355 e. The van der Waals surface area contributed by atoms with E-state index in [1.807, 2.05) is 17.8 Å². The van der Waals surface area contributed by atoms with Gasteiger partial charge in [0.2, 0.25) is 5.91 Å². The van der Waals surface area contributed by atoms with E-state index < -0.39 is 0 Å². The van der Waals surface area contributed by atoms with E-state index in [4.69, 9.17) is 11.6 Å². The van der Waals surface area contributed by atoms with Crippen LogP contribution in [-0.2, 0) is 10.5 Å². The van der Waals surface area contributed by atoms with Crippen molar-refractivity contribution in [2.24, 2.45) is 17.3 Å². The van der Waals surface area contributed by atoms with Crippen LogP contribution in [0.1, 0.15) is 44.1 Å². The second-order valence-electron chi connectivity index (χ2n) is 8.19. The number of amides is 1. The Balaban J connectivity index is 1.26. The summed E-state index contributed by atoms with van der Waals surface area (Å²) in [6, 6.07) is 10.5. The molecule has 0 aromatic heterocycles. The normalized spacial score (nSPS) is 36.7. The van der Waals surface area contributed by atoms with Crippen molar-refractivity contribution in [2.75, 3.05) is 12.3 Å². The molecule has 0 aliphatic heterocycles. The Kier molecular flexibility index (Phi) is 4.59. The molecule has 1 amide bonds. The molecule has 2 atom stereocenters. The molecule has 1 aromatic rings. The van der Waals surface area contributed by atoms with Gasteiger partial charge in [-0.05, 0) is 55.9 Å². The molecule has 0 saturated heterocycles. The van der Waals surface area contributed by atoms with Crippen LogP contribution < -0.4 is 5.32 Å². The Morgan fingerprint density at radius 2 is 1.88 bits per heavy atom. The molecule has 4 bridgehead atoms. The first-order valence-electron chi connectivity index (χ1n) is 9.16. The van der Waals surface area contributed by atoms with E-state index in [1.54, 1.807) is 0 Å². The summed E-state index contributed by atoms with van der Waals surface area (Å²) in [5, 5.41) is 3.22. The van der Waals surface area contributed by atoms with E-state index in [0.717, 1.165) is 50.2 Å². The Labute approximate surface area is 154 Å². The molecule has 0 heterocycles. The van der Waals surface area contributed by atoms with Crippen molar-refractivity contribution in [3.63, 3.8) is 0 Å². The van der Waals surface area contributed by atoms with Crippen molar-refractivity contribution in [3.05, 3.63) is 35.9 Å². The van der Waals surface area contributed by atoms with Crippen molar-refractivity contribution in [3.8, 4) is 0 Å². The summed E-state index contributed by atoms with van der Waals surface area (Å²) in [7, 11) is 0. The van der Waals surface area contributed by atoms with Crippen LogP contribution in [0.3, 0.4) is 0 Å². The summed E-state index contributed by atoms with van der Waals surface area (Å²) in [6.07, 6.45) is 6.61. The van der Waals surface area contributed by atoms with Gasteiger partial charge in [0.05, 0.1) is 5.41 Å². The number of halogens is 1. The third-order valence-corrected chi connectivity index (χ3v) is 7.59. The van der Waals surface area contributed by atoms with Crippen LogP contribution in [0.2, 0.25) is 0 Å². The molecule has 130 valence electrons. The lowest BCUT2D eigenvalue weighted by molar-refractivity contribution is -0.144. The summed E-state index contributed by atoms with van der Waals surface area (Å²) >= 11 is 8.72. The van der Waals surface area contributed by atoms with Gasteiger partial charge < -0.3 is 5.32 Å². The fourth-order valence-corrected chi connectivity index (χ4v) is 7.12. The van der Waals surface area contributed by atoms with Gasteiger partial charge in [0.25, 0.3) is 0 Å². The van der Waals surface area contributed by atoms with E-state index in [0.29, 0.717) is 11.8 Å². The molecule has 4 heteroatoms. The lowest BCUT2D eigenvalue weighted by atomic mass is 9.49. The molecular weight excluding hydrogens is 338 g/mol. The molecule has 24 heavy (non-hydrogen) atoms. The maximum atomic E-state index is 12.9. The summed E-state index contributed by atoms with van der Waals surface area (Å²) in [5.74, 6) is 3.62. The lowest BCUT2D eigenvalue weighted by Crippen LogP contribution is -2.58. The van der Waals surface area contributed by atoms with E-state index in [-0.39, 0.29) is 16.2 Å². The first-order valence-corrected chi connectivity index (χ1v) is 10.7. The van der Waals surface area contributed by atoms with Crippen LogP contribution in [0.15, 0.2) is 30.3 Å². The van der Waals surface area contributed by atoms with Gasteiger partial charge in [-0.25, -0.2) is 0 Å². The average Bonchev–Trinajstić information content (AvgIpc) is 2.53. The fraction of sp³-hybridized carbons (Fsp3) is 0.650. The first kappa shape index (κ1) is 16.8. The van der Waals surface area contributed by atoms with Crippen molar-refractivity contribution >= 4 is 29.3 Å². The smallest absolute Gasteiger partial charge is 0.226 e. The van der Waals surface area contributed by atoms with Crippen LogP contribution in [0, 0.1) is 17.3 Å². The number of hydrogen-bond acceptors (Lipinski definition) is 2. The highest BCUT2D eigenvalue weighted by Gasteiger charge is 2.59. The molecule has 0 unspecified atom stereocenters. The highest BCUT2D eigenvalue weighted by molar-refractivity contribution is 7.98. The molecule has 1 aromatic carbocycles. The highest BCUT2D eigenvalue weighted by Crippen LogP contribution is 2.63. The summed E-state index contributed by atoms with van der Waals surface area (Å²) in [5.41, 5.74) is 1.19. The Morgan fingerprint density at radius 3 is 2.54 bits per heavy atom. The predicted molar refractivity (Wildman–Crippen MR) is 101 cm³/mol. The third kappa shape index (κ3) is 3.35. The second kappa shape index (κ2) is 6.57. The van der Waals surface area contributed by atoms with Crippen LogP contribution in [-0.4, -0.2) is 23.1 Å². The molecule has 2 nitrogen and oxygen atoms in total. The lowest BCUT2D eigenvalue weighted by Gasteiger charge is -2.59. The van der Waals surface area contributed by atoms with Crippen molar-refractivity contribution < 1.29 is 4.79 Å². The first-order chi connectivity index (χ1) is 11.6. The number of benzene rings is 1. The molecular formula is C20H26ClNOS. The fourth-order valence-electron chi connectivity index (χ4n) is 5.60. The highest BCUT2D eigenvalue weighted by atomic mass is 35.5. The summed E-state index contributed by atoms with van der Waals surface area (Å²) < 4.78 is 0. The standard InChI is InChI=1S/C20H26ClNOS/c21-20-11-16-8-17(12-20)10-19(9-16,14-20)18(23)22-6-7-24-13-15-4-2-1-3-5-15/h1-5,16-17H,6-14H2,(H,22,23)/t16-,17-,19?,20?/m1/s1. The maximum Gasteiger partial charge on any atom is 0.226 e. The zero-order chi connectivity index (χ0) is 16.6. The monoisotopic (exact) mass is 363 g/mol. The second-order valence-corrected chi connectivity index (χ2v) is 10.1. The molecule has 4 saturated carbocycles. The van der Waals surface area contributed by atoms with Gasteiger partial charge in [-0.15, -0.1) is 11.6 Å². The van der Waals surface area contributed by atoms with Crippen LogP contribution >= 0.6 is 23.4 Å². The molecule has 4 fully saturated rings. The van der Waals surface area contributed by atoms with Crippen LogP contribution in [0.25, 0.3) is 0 Å². The number of hydrogen-bond donors (Lipinski definition) is 1. The minimum absolute atomic E-state index is 0.0799. The van der Waals surface area contributed by atoms with Crippen molar-refractivity contribution in [1.29, 1.82) is 0 Å². The largest absolute Gasteiger partial charge is 0.355 e. The summed E-state index contributed by atoms with van der Waals surface area (Å²) in [4.78, 5) is 12.8.